The number of hydrogen-bond acceptors (Lipinski definition) is 10. The molecule has 0 saturated carbocycles. The van der Waals surface area contributed by atoms with Crippen LogP contribution in [0.2, 0.25) is 0 Å². The number of carbonyl (C=O) groups excluding carboxylic acids is 1. The molecular weight excluding hydrogens is 420 g/mol. The Bertz CT molecular complexity index is 992. The van der Waals surface area contributed by atoms with Crippen LogP contribution in [0, 0.1) is 20.2 Å². The number of nitro groups is 2. The Morgan fingerprint density at radius 2 is 1.81 bits per heavy atom. The number of anilines is 2. The van der Waals surface area contributed by atoms with Gasteiger partial charge in [-0.2, -0.15) is 0 Å². The fraction of sp³-hybridized carbons (Fsp3) is 0.421. The molecule has 0 unspecified atom stereocenters. The number of hydrogen-bond donors (Lipinski definition) is 2. The van der Waals surface area contributed by atoms with Gasteiger partial charge in [-0.1, -0.05) is 12.1 Å². The van der Waals surface area contributed by atoms with Crippen molar-refractivity contribution >= 4 is 28.9 Å². The van der Waals surface area contributed by atoms with Crippen LogP contribution in [-0.2, 0) is 11.2 Å². The second kappa shape index (κ2) is 9.96. The highest BCUT2D eigenvalue weighted by atomic mass is 16.6. The molecule has 1 aromatic heterocycles. The number of amides is 1. The number of hydrazine groups is 1. The van der Waals surface area contributed by atoms with Gasteiger partial charge in [0.1, 0.15) is 6.33 Å². The van der Waals surface area contributed by atoms with Crippen LogP contribution in [0.5, 0.6) is 0 Å². The molecule has 1 amide bonds. The third-order valence-electron chi connectivity index (χ3n) is 5.39. The number of likely N-dealkylation sites (tertiary alicyclic amines) is 1. The molecule has 13 heteroatoms. The van der Waals surface area contributed by atoms with Gasteiger partial charge in [0.25, 0.3) is 5.69 Å². The van der Waals surface area contributed by atoms with Crippen molar-refractivity contribution in [1.82, 2.24) is 20.3 Å². The SMILES string of the molecule is CN1CCC(N(C)c2ncnc(NNC(=O)Cc3ccc([N+](=O)[O-])cc3)c2[N+](=O)[O-])CC1. The maximum Gasteiger partial charge on any atom is 0.355 e. The van der Waals surface area contributed by atoms with Crippen molar-refractivity contribution in [3.05, 3.63) is 56.4 Å². The summed E-state index contributed by atoms with van der Waals surface area (Å²) in [5.41, 5.74) is 5.05. The number of piperidine rings is 1. The third kappa shape index (κ3) is 5.43. The van der Waals surface area contributed by atoms with E-state index < -0.39 is 15.8 Å². The summed E-state index contributed by atoms with van der Waals surface area (Å²) in [7, 11) is 3.80. The van der Waals surface area contributed by atoms with Gasteiger partial charge in [-0.3, -0.25) is 35.9 Å². The molecule has 1 saturated heterocycles. The van der Waals surface area contributed by atoms with Gasteiger partial charge in [-0.05, 0) is 38.5 Å². The number of nitrogens with one attached hydrogen (secondary N) is 2. The van der Waals surface area contributed by atoms with Gasteiger partial charge in [0.2, 0.25) is 17.5 Å². The molecule has 0 spiro atoms. The molecule has 1 aliphatic heterocycles. The molecule has 3 rings (SSSR count). The van der Waals surface area contributed by atoms with Crippen LogP contribution in [-0.4, -0.2) is 63.8 Å². The number of nitrogens with zero attached hydrogens (tertiary/aromatic N) is 6. The minimum absolute atomic E-state index is 0.0772. The topological polar surface area (TPSA) is 160 Å². The second-order valence-electron chi connectivity index (χ2n) is 7.57. The van der Waals surface area contributed by atoms with Gasteiger partial charge in [-0.15, -0.1) is 0 Å². The van der Waals surface area contributed by atoms with Crippen molar-refractivity contribution in [3.63, 3.8) is 0 Å². The summed E-state index contributed by atoms with van der Waals surface area (Å²) >= 11 is 0. The van der Waals surface area contributed by atoms with E-state index in [1.54, 1.807) is 11.9 Å². The molecule has 2 N–H and O–H groups in total. The zero-order valence-corrected chi connectivity index (χ0v) is 17.7. The Hall–Kier alpha value is -3.87. The van der Waals surface area contributed by atoms with Crippen molar-refractivity contribution < 1.29 is 14.6 Å². The lowest BCUT2D eigenvalue weighted by Gasteiger charge is -2.35. The van der Waals surface area contributed by atoms with E-state index in [9.17, 15) is 25.0 Å². The fourth-order valence-corrected chi connectivity index (χ4v) is 3.54. The lowest BCUT2D eigenvalue weighted by atomic mass is 10.0. The van der Waals surface area contributed by atoms with E-state index in [-0.39, 0.29) is 35.5 Å². The highest BCUT2D eigenvalue weighted by Crippen LogP contribution is 2.33. The number of non-ortho nitro benzene ring substituents is 1. The molecule has 32 heavy (non-hydrogen) atoms. The zero-order valence-electron chi connectivity index (χ0n) is 17.7. The Kier molecular flexibility index (Phi) is 7.10. The summed E-state index contributed by atoms with van der Waals surface area (Å²) in [5.74, 6) is -0.444. The predicted molar refractivity (Wildman–Crippen MR) is 116 cm³/mol. The summed E-state index contributed by atoms with van der Waals surface area (Å²) in [4.78, 5) is 45.7. The second-order valence-corrected chi connectivity index (χ2v) is 7.57. The summed E-state index contributed by atoms with van der Waals surface area (Å²) in [6.07, 6.45) is 2.83. The predicted octanol–water partition coefficient (Wildman–Crippen LogP) is 1.51. The number of nitro benzene ring substituents is 1. The van der Waals surface area contributed by atoms with E-state index in [0.717, 1.165) is 25.9 Å². The Labute approximate surface area is 183 Å². The van der Waals surface area contributed by atoms with Crippen LogP contribution in [0.1, 0.15) is 18.4 Å². The molecule has 2 heterocycles. The highest BCUT2D eigenvalue weighted by Gasteiger charge is 2.30. The molecule has 1 aliphatic rings. The smallest absolute Gasteiger partial charge is 0.351 e. The summed E-state index contributed by atoms with van der Waals surface area (Å²) in [5, 5.41) is 22.5. The summed E-state index contributed by atoms with van der Waals surface area (Å²) in [6.45, 7) is 1.77. The highest BCUT2D eigenvalue weighted by molar-refractivity contribution is 5.81. The molecule has 2 aromatic rings. The van der Waals surface area contributed by atoms with Crippen molar-refractivity contribution in [2.75, 3.05) is 37.5 Å². The zero-order chi connectivity index (χ0) is 23.3. The van der Waals surface area contributed by atoms with E-state index in [1.165, 1.54) is 30.6 Å². The lowest BCUT2D eigenvalue weighted by Crippen LogP contribution is -2.42. The standard InChI is InChI=1S/C19H24N8O5/c1-24-9-7-14(8-10-24)25(2)19-17(27(31)32)18(20-12-21-19)23-22-16(28)11-13-3-5-15(6-4-13)26(29)30/h3-6,12,14H,7-11H2,1-2H3,(H,22,28)(H,20,21,23). The first kappa shape index (κ1) is 22.8. The summed E-state index contributed by atoms with van der Waals surface area (Å²) < 4.78 is 0. The van der Waals surface area contributed by atoms with Crippen LogP contribution in [0.15, 0.2) is 30.6 Å². The van der Waals surface area contributed by atoms with Gasteiger partial charge in [0.05, 0.1) is 16.3 Å². The maximum atomic E-state index is 12.2. The molecule has 0 aliphatic carbocycles. The maximum absolute atomic E-state index is 12.2. The molecule has 1 aromatic carbocycles. The van der Waals surface area contributed by atoms with E-state index in [0.29, 0.717) is 5.56 Å². The molecule has 170 valence electrons. The molecule has 0 bridgehead atoms. The lowest BCUT2D eigenvalue weighted by molar-refractivity contribution is -0.384. The normalized spacial score (nSPS) is 14.6. The van der Waals surface area contributed by atoms with Crippen LogP contribution in [0.4, 0.5) is 23.0 Å². The van der Waals surface area contributed by atoms with Gasteiger partial charge >= 0.3 is 5.69 Å². The van der Waals surface area contributed by atoms with Crippen molar-refractivity contribution in [3.8, 4) is 0 Å². The molecule has 0 atom stereocenters. The fourth-order valence-electron chi connectivity index (χ4n) is 3.54. The Morgan fingerprint density at radius 3 is 2.41 bits per heavy atom. The Morgan fingerprint density at radius 1 is 1.16 bits per heavy atom. The summed E-state index contributed by atoms with van der Waals surface area (Å²) in [6, 6.07) is 5.65. The average Bonchev–Trinajstić information content (AvgIpc) is 2.77. The average molecular weight is 444 g/mol. The van der Waals surface area contributed by atoms with Crippen molar-refractivity contribution in [2.45, 2.75) is 25.3 Å². The van der Waals surface area contributed by atoms with E-state index in [4.69, 9.17) is 0 Å². The third-order valence-corrected chi connectivity index (χ3v) is 5.39. The van der Waals surface area contributed by atoms with E-state index >= 15 is 0 Å². The minimum Gasteiger partial charge on any atom is -0.351 e. The first-order valence-electron chi connectivity index (χ1n) is 9.95. The van der Waals surface area contributed by atoms with E-state index in [2.05, 4.69) is 25.7 Å². The Balaban J connectivity index is 1.69. The largest absolute Gasteiger partial charge is 0.355 e. The van der Waals surface area contributed by atoms with Crippen LogP contribution in [0.25, 0.3) is 0 Å². The molecule has 0 radical (unpaired) electrons. The first-order chi connectivity index (χ1) is 15.3. The quantitative estimate of drug-likeness (QED) is 0.451. The van der Waals surface area contributed by atoms with Gasteiger partial charge < -0.3 is 9.80 Å². The number of rotatable bonds is 8. The number of aromatic nitrogens is 2. The molecular formula is C19H24N8O5. The van der Waals surface area contributed by atoms with Crippen molar-refractivity contribution in [2.24, 2.45) is 0 Å². The molecule has 13 nitrogen and oxygen atoms in total. The number of carbonyl (C=O) groups is 1. The number of benzene rings is 1. The van der Waals surface area contributed by atoms with Gasteiger partial charge in [-0.25, -0.2) is 9.97 Å². The monoisotopic (exact) mass is 444 g/mol. The van der Waals surface area contributed by atoms with Crippen LogP contribution >= 0.6 is 0 Å². The first-order valence-corrected chi connectivity index (χ1v) is 9.95. The van der Waals surface area contributed by atoms with Crippen LogP contribution in [0.3, 0.4) is 0 Å². The molecule has 1 fully saturated rings. The van der Waals surface area contributed by atoms with Gasteiger partial charge in [0.15, 0.2) is 0 Å². The minimum atomic E-state index is -0.578. The van der Waals surface area contributed by atoms with E-state index in [1.807, 2.05) is 7.05 Å². The van der Waals surface area contributed by atoms with Gasteiger partial charge in [0, 0.05) is 25.2 Å². The van der Waals surface area contributed by atoms with Crippen LogP contribution < -0.4 is 15.8 Å². The van der Waals surface area contributed by atoms with Crippen molar-refractivity contribution in [1.29, 1.82) is 0 Å².